The lowest BCUT2D eigenvalue weighted by Gasteiger charge is -2.06. The van der Waals surface area contributed by atoms with Crippen molar-refractivity contribution in [1.29, 1.82) is 0 Å². The van der Waals surface area contributed by atoms with Gasteiger partial charge in [-0.05, 0) is 25.0 Å². The molecule has 0 aliphatic heterocycles. The Balaban J connectivity index is 0.00000264. The number of aromatic nitrogens is 1. The highest BCUT2D eigenvalue weighted by Gasteiger charge is 2.10. The molecule has 1 aromatic carbocycles. The third-order valence-electron chi connectivity index (χ3n) is 3.00. The van der Waals surface area contributed by atoms with E-state index in [9.17, 15) is 8.78 Å². The largest absolute Gasteiger partial charge is 0.370 e. The number of hydrogen-bond acceptors (Lipinski definition) is 3. The van der Waals surface area contributed by atoms with Gasteiger partial charge in [-0.1, -0.05) is 13.8 Å². The van der Waals surface area contributed by atoms with Crippen LogP contribution >= 0.6 is 35.3 Å². The summed E-state index contributed by atoms with van der Waals surface area (Å²) in [5.74, 6) is -0.769. The summed E-state index contributed by atoms with van der Waals surface area (Å²) in [6.45, 7) is 6.48. The minimum absolute atomic E-state index is 0. The van der Waals surface area contributed by atoms with Crippen molar-refractivity contribution in [2.24, 2.45) is 10.7 Å². The highest BCUT2D eigenvalue weighted by molar-refractivity contribution is 14.0. The third kappa shape index (κ3) is 5.38. The van der Waals surface area contributed by atoms with Crippen LogP contribution in [0.2, 0.25) is 0 Å². The molecule has 0 atom stereocenters. The Hall–Kier alpha value is -1.29. The predicted octanol–water partition coefficient (Wildman–Crippen LogP) is 4.40. The van der Waals surface area contributed by atoms with Crippen LogP contribution in [0.4, 0.5) is 14.5 Å². The van der Waals surface area contributed by atoms with Crippen LogP contribution in [0.25, 0.3) is 0 Å². The van der Waals surface area contributed by atoms with Gasteiger partial charge in [0.2, 0.25) is 0 Å². The van der Waals surface area contributed by atoms with Crippen LogP contribution in [0.3, 0.4) is 0 Å². The average Bonchev–Trinajstić information content (AvgIpc) is 2.82. The molecule has 0 spiro atoms. The van der Waals surface area contributed by atoms with Gasteiger partial charge in [0.1, 0.15) is 16.6 Å². The molecule has 0 saturated carbocycles. The first-order chi connectivity index (χ1) is 10.4. The van der Waals surface area contributed by atoms with Gasteiger partial charge in [-0.15, -0.1) is 35.3 Å². The molecule has 4 nitrogen and oxygen atoms in total. The second kappa shape index (κ2) is 8.53. The standard InChI is InChI=1S/C15H18F2N4S.HI/c1-8(2)14-9(3)22-13(21-14)7-19-15(18)20-12-6-10(16)4-5-11(12)17;/h4-6,8H,7H2,1-3H3,(H3,18,19,20);1H. The van der Waals surface area contributed by atoms with Gasteiger partial charge in [0, 0.05) is 10.9 Å². The van der Waals surface area contributed by atoms with E-state index >= 15 is 0 Å². The number of halogens is 3. The Kier molecular flexibility index (Phi) is 7.33. The molecule has 0 aliphatic rings. The lowest BCUT2D eigenvalue weighted by molar-refractivity contribution is 0.604. The van der Waals surface area contributed by atoms with Crippen LogP contribution in [0.1, 0.15) is 35.3 Å². The minimum atomic E-state index is -0.591. The first-order valence-electron chi connectivity index (χ1n) is 6.85. The summed E-state index contributed by atoms with van der Waals surface area (Å²) in [5.41, 5.74) is 6.72. The van der Waals surface area contributed by atoms with Gasteiger partial charge in [0.05, 0.1) is 17.9 Å². The van der Waals surface area contributed by atoms with Crippen molar-refractivity contribution < 1.29 is 8.78 Å². The molecular formula is C15H19F2IN4S. The first kappa shape index (κ1) is 19.8. The summed E-state index contributed by atoms with van der Waals surface area (Å²) < 4.78 is 26.6. The van der Waals surface area contributed by atoms with Crippen LogP contribution in [0.5, 0.6) is 0 Å². The third-order valence-corrected chi connectivity index (χ3v) is 3.97. The highest BCUT2D eigenvalue weighted by atomic mass is 127. The number of benzene rings is 1. The van der Waals surface area contributed by atoms with E-state index in [4.69, 9.17) is 5.73 Å². The van der Waals surface area contributed by atoms with Crippen LogP contribution in [-0.4, -0.2) is 10.9 Å². The second-order valence-electron chi connectivity index (χ2n) is 5.15. The number of nitrogens with two attached hydrogens (primary N) is 1. The van der Waals surface area contributed by atoms with Gasteiger partial charge in [-0.3, -0.25) is 0 Å². The van der Waals surface area contributed by atoms with E-state index < -0.39 is 11.6 Å². The van der Waals surface area contributed by atoms with Crippen LogP contribution < -0.4 is 11.1 Å². The Labute approximate surface area is 155 Å². The average molecular weight is 452 g/mol. The van der Waals surface area contributed by atoms with Gasteiger partial charge in [-0.2, -0.15) is 0 Å². The molecule has 0 aliphatic carbocycles. The Morgan fingerprint density at radius 1 is 1.39 bits per heavy atom. The number of nitrogens with zero attached hydrogens (tertiary/aromatic N) is 2. The summed E-state index contributed by atoms with van der Waals surface area (Å²) in [7, 11) is 0. The summed E-state index contributed by atoms with van der Waals surface area (Å²) in [6.07, 6.45) is 0. The maximum absolute atomic E-state index is 13.5. The molecule has 8 heteroatoms. The van der Waals surface area contributed by atoms with Crippen LogP contribution in [0, 0.1) is 18.6 Å². The molecule has 23 heavy (non-hydrogen) atoms. The molecule has 3 N–H and O–H groups in total. The molecule has 0 fully saturated rings. The number of guanidine groups is 1. The normalized spacial score (nSPS) is 11.5. The molecule has 1 heterocycles. The second-order valence-corrected chi connectivity index (χ2v) is 6.44. The van der Waals surface area contributed by atoms with Crippen LogP contribution in [0.15, 0.2) is 23.2 Å². The van der Waals surface area contributed by atoms with Crippen molar-refractivity contribution in [2.45, 2.75) is 33.2 Å². The summed E-state index contributed by atoms with van der Waals surface area (Å²) >= 11 is 1.56. The summed E-state index contributed by atoms with van der Waals surface area (Å²) in [4.78, 5) is 9.79. The van der Waals surface area contributed by atoms with E-state index in [1.165, 1.54) is 0 Å². The van der Waals surface area contributed by atoms with Gasteiger partial charge >= 0.3 is 0 Å². The van der Waals surface area contributed by atoms with Gasteiger partial charge in [0.25, 0.3) is 0 Å². The van der Waals surface area contributed by atoms with E-state index in [1.807, 2.05) is 6.92 Å². The number of thiazole rings is 1. The number of anilines is 1. The smallest absolute Gasteiger partial charge is 0.193 e. The van der Waals surface area contributed by atoms with Crippen molar-refractivity contribution in [3.63, 3.8) is 0 Å². The molecular weight excluding hydrogens is 433 g/mol. The Morgan fingerprint density at radius 3 is 2.70 bits per heavy atom. The van der Waals surface area contributed by atoms with Crippen molar-refractivity contribution in [3.05, 3.63) is 45.4 Å². The number of nitrogens with one attached hydrogen (secondary N) is 1. The molecule has 0 radical (unpaired) electrons. The van der Waals surface area contributed by atoms with Gasteiger partial charge in [-0.25, -0.2) is 18.8 Å². The molecule has 126 valence electrons. The van der Waals surface area contributed by atoms with E-state index in [2.05, 4.69) is 29.1 Å². The zero-order valence-corrected chi connectivity index (χ0v) is 16.2. The fourth-order valence-corrected chi connectivity index (χ4v) is 3.00. The fourth-order valence-electron chi connectivity index (χ4n) is 1.99. The number of hydrogen-bond donors (Lipinski definition) is 2. The SMILES string of the molecule is Cc1sc(CN=C(N)Nc2cc(F)ccc2F)nc1C(C)C.I. The molecule has 0 bridgehead atoms. The topological polar surface area (TPSA) is 63.3 Å². The quantitative estimate of drug-likeness (QED) is 0.411. The summed E-state index contributed by atoms with van der Waals surface area (Å²) in [5, 5.41) is 3.39. The lowest BCUT2D eigenvalue weighted by Crippen LogP contribution is -2.23. The maximum atomic E-state index is 13.5. The fraction of sp³-hybridized carbons (Fsp3) is 0.333. The van der Waals surface area contributed by atoms with Crippen molar-refractivity contribution >= 4 is 47.0 Å². The van der Waals surface area contributed by atoms with E-state index in [0.717, 1.165) is 33.8 Å². The molecule has 1 aromatic heterocycles. The van der Waals surface area contributed by atoms with E-state index in [-0.39, 0.29) is 35.6 Å². The van der Waals surface area contributed by atoms with Gasteiger partial charge < -0.3 is 11.1 Å². The number of aliphatic imine (C=N–C) groups is 1. The number of aryl methyl sites for hydroxylation is 1. The zero-order valence-electron chi connectivity index (χ0n) is 13.1. The van der Waals surface area contributed by atoms with E-state index in [0.29, 0.717) is 12.5 Å². The van der Waals surface area contributed by atoms with Crippen molar-refractivity contribution in [2.75, 3.05) is 5.32 Å². The van der Waals surface area contributed by atoms with Crippen molar-refractivity contribution in [1.82, 2.24) is 4.98 Å². The van der Waals surface area contributed by atoms with E-state index in [1.54, 1.807) is 11.3 Å². The number of rotatable bonds is 4. The lowest BCUT2D eigenvalue weighted by atomic mass is 10.1. The zero-order chi connectivity index (χ0) is 16.3. The molecule has 2 aromatic rings. The first-order valence-corrected chi connectivity index (χ1v) is 7.66. The monoisotopic (exact) mass is 452 g/mol. The molecule has 0 saturated heterocycles. The van der Waals surface area contributed by atoms with Crippen LogP contribution in [-0.2, 0) is 6.54 Å². The van der Waals surface area contributed by atoms with Gasteiger partial charge in [0.15, 0.2) is 5.96 Å². The predicted molar refractivity (Wildman–Crippen MR) is 102 cm³/mol. The molecule has 0 amide bonds. The summed E-state index contributed by atoms with van der Waals surface area (Å²) in [6, 6.07) is 3.10. The Bertz CT molecular complexity index is 701. The minimum Gasteiger partial charge on any atom is -0.370 e. The Morgan fingerprint density at radius 2 is 2.09 bits per heavy atom. The molecule has 2 rings (SSSR count). The maximum Gasteiger partial charge on any atom is 0.193 e. The highest BCUT2D eigenvalue weighted by Crippen LogP contribution is 2.24. The molecule has 0 unspecified atom stereocenters. The van der Waals surface area contributed by atoms with Crippen molar-refractivity contribution in [3.8, 4) is 0 Å².